The van der Waals surface area contributed by atoms with Gasteiger partial charge in [0.1, 0.15) is 6.04 Å². The fourth-order valence-corrected chi connectivity index (χ4v) is 3.59. The maximum absolute atomic E-state index is 12.5. The van der Waals surface area contributed by atoms with Crippen LogP contribution in [0.1, 0.15) is 47.2 Å². The fraction of sp³-hybridized carbons (Fsp3) is 0.348. The molecule has 1 fully saturated rings. The van der Waals surface area contributed by atoms with Crippen LogP contribution in [0.5, 0.6) is 0 Å². The summed E-state index contributed by atoms with van der Waals surface area (Å²) in [6.45, 7) is 0.420. The van der Waals surface area contributed by atoms with Crippen LogP contribution in [-0.4, -0.2) is 28.9 Å². The lowest BCUT2D eigenvalue weighted by atomic mass is 10.0. The van der Waals surface area contributed by atoms with Gasteiger partial charge in [-0.25, -0.2) is 4.79 Å². The summed E-state index contributed by atoms with van der Waals surface area (Å²) in [6.07, 6.45) is 4.36. The predicted octanol–water partition coefficient (Wildman–Crippen LogP) is 2.92. The molecule has 2 aromatic carbocycles. The third kappa shape index (κ3) is 5.91. The van der Waals surface area contributed by atoms with Gasteiger partial charge in [0.15, 0.2) is 0 Å². The van der Waals surface area contributed by atoms with E-state index in [0.29, 0.717) is 12.1 Å². The standard InChI is InChI=1S/C23H26N2O4/c26-21(18-8-4-5-9-18)24-15-17-10-12-19(13-11-17)22(27)25-20(23(28)29)14-16-6-2-1-3-7-16/h1-3,6-7,10-13,18,20H,4-5,8-9,14-15H2,(H,24,26)(H,25,27)(H,28,29)/t20-/m0/s1. The van der Waals surface area contributed by atoms with Gasteiger partial charge in [-0.2, -0.15) is 0 Å². The van der Waals surface area contributed by atoms with E-state index in [1.165, 1.54) is 0 Å². The van der Waals surface area contributed by atoms with E-state index in [2.05, 4.69) is 10.6 Å². The molecule has 0 radical (unpaired) electrons. The van der Waals surface area contributed by atoms with Crippen molar-refractivity contribution in [1.29, 1.82) is 0 Å². The lowest BCUT2D eigenvalue weighted by Crippen LogP contribution is -2.42. The van der Waals surface area contributed by atoms with Crippen molar-refractivity contribution in [1.82, 2.24) is 10.6 Å². The van der Waals surface area contributed by atoms with Crippen LogP contribution < -0.4 is 10.6 Å². The van der Waals surface area contributed by atoms with Crippen LogP contribution in [0.25, 0.3) is 0 Å². The highest BCUT2D eigenvalue weighted by Crippen LogP contribution is 2.24. The number of carboxylic acid groups (broad SMARTS) is 1. The highest BCUT2D eigenvalue weighted by atomic mass is 16.4. The van der Waals surface area contributed by atoms with Crippen molar-refractivity contribution in [3.05, 3.63) is 71.3 Å². The summed E-state index contributed by atoms with van der Waals surface area (Å²) >= 11 is 0. The monoisotopic (exact) mass is 394 g/mol. The average Bonchev–Trinajstić information content (AvgIpc) is 3.27. The van der Waals surface area contributed by atoms with Gasteiger partial charge in [-0.05, 0) is 36.1 Å². The number of rotatable bonds is 8. The summed E-state index contributed by atoms with van der Waals surface area (Å²) in [5.41, 5.74) is 2.12. The molecule has 2 aromatic rings. The Hall–Kier alpha value is -3.15. The minimum Gasteiger partial charge on any atom is -0.480 e. The van der Waals surface area contributed by atoms with Gasteiger partial charge in [0.2, 0.25) is 5.91 Å². The Morgan fingerprint density at radius 1 is 0.931 bits per heavy atom. The van der Waals surface area contributed by atoms with Crippen LogP contribution >= 0.6 is 0 Å². The van der Waals surface area contributed by atoms with Crippen LogP contribution in [0.2, 0.25) is 0 Å². The van der Waals surface area contributed by atoms with Crippen LogP contribution in [-0.2, 0) is 22.6 Å². The first-order chi connectivity index (χ1) is 14.0. The second-order valence-electron chi connectivity index (χ2n) is 7.45. The second-order valence-corrected chi connectivity index (χ2v) is 7.45. The molecule has 152 valence electrons. The van der Waals surface area contributed by atoms with E-state index in [9.17, 15) is 19.5 Å². The van der Waals surface area contributed by atoms with Gasteiger partial charge in [-0.1, -0.05) is 55.3 Å². The Bertz CT molecular complexity index is 843. The molecular formula is C23H26N2O4. The number of aliphatic carboxylic acids is 1. The molecule has 0 aromatic heterocycles. The first kappa shape index (κ1) is 20.6. The molecule has 2 amide bonds. The summed E-state index contributed by atoms with van der Waals surface area (Å²) in [4.78, 5) is 36.1. The average molecular weight is 394 g/mol. The van der Waals surface area contributed by atoms with E-state index >= 15 is 0 Å². The van der Waals surface area contributed by atoms with Gasteiger partial charge in [-0.15, -0.1) is 0 Å². The van der Waals surface area contributed by atoms with Gasteiger partial charge in [0.25, 0.3) is 5.91 Å². The number of carboxylic acids is 1. The summed E-state index contributed by atoms with van der Waals surface area (Å²) in [7, 11) is 0. The summed E-state index contributed by atoms with van der Waals surface area (Å²) in [5, 5.41) is 15.0. The SMILES string of the molecule is O=C(N[C@@H](Cc1ccccc1)C(=O)O)c1ccc(CNC(=O)C2CCCC2)cc1. The molecule has 0 bridgehead atoms. The molecule has 29 heavy (non-hydrogen) atoms. The van der Waals surface area contributed by atoms with Crippen LogP contribution in [0, 0.1) is 5.92 Å². The molecular weight excluding hydrogens is 368 g/mol. The molecule has 0 aliphatic heterocycles. The van der Waals surface area contributed by atoms with Crippen LogP contribution in [0.4, 0.5) is 0 Å². The Morgan fingerprint density at radius 2 is 1.59 bits per heavy atom. The molecule has 1 atom stereocenters. The summed E-state index contributed by atoms with van der Waals surface area (Å²) in [6, 6.07) is 15.0. The van der Waals surface area contributed by atoms with Gasteiger partial charge in [0, 0.05) is 24.4 Å². The molecule has 0 unspecified atom stereocenters. The van der Waals surface area contributed by atoms with Gasteiger partial charge in [0.05, 0.1) is 0 Å². The maximum atomic E-state index is 12.5. The number of hydrogen-bond acceptors (Lipinski definition) is 3. The number of nitrogens with one attached hydrogen (secondary N) is 2. The number of carbonyl (C=O) groups is 3. The molecule has 0 saturated heterocycles. The van der Waals surface area contributed by atoms with Crippen molar-refractivity contribution in [3.8, 4) is 0 Å². The van der Waals surface area contributed by atoms with Crippen molar-refractivity contribution in [2.45, 2.75) is 44.7 Å². The van der Waals surface area contributed by atoms with Crippen molar-refractivity contribution < 1.29 is 19.5 Å². The largest absolute Gasteiger partial charge is 0.480 e. The first-order valence-electron chi connectivity index (χ1n) is 9.97. The highest BCUT2D eigenvalue weighted by molar-refractivity contribution is 5.96. The quantitative estimate of drug-likeness (QED) is 0.641. The minimum absolute atomic E-state index is 0.0922. The molecule has 6 heteroatoms. The van der Waals surface area contributed by atoms with Crippen LogP contribution in [0.3, 0.4) is 0 Å². The summed E-state index contributed by atoms with van der Waals surface area (Å²) in [5.74, 6) is -1.30. The van der Waals surface area contributed by atoms with E-state index in [0.717, 1.165) is 36.8 Å². The van der Waals surface area contributed by atoms with E-state index in [1.54, 1.807) is 24.3 Å². The number of benzene rings is 2. The third-order valence-electron chi connectivity index (χ3n) is 5.29. The molecule has 1 aliphatic carbocycles. The maximum Gasteiger partial charge on any atom is 0.326 e. The van der Waals surface area contributed by atoms with Crippen LogP contribution in [0.15, 0.2) is 54.6 Å². The molecule has 3 N–H and O–H groups in total. The number of carbonyl (C=O) groups excluding carboxylic acids is 2. The number of amides is 2. The Balaban J connectivity index is 1.54. The lowest BCUT2D eigenvalue weighted by molar-refractivity contribution is -0.139. The highest BCUT2D eigenvalue weighted by Gasteiger charge is 2.23. The molecule has 0 heterocycles. The molecule has 6 nitrogen and oxygen atoms in total. The van der Waals surface area contributed by atoms with Gasteiger partial charge in [-0.3, -0.25) is 9.59 Å². The van der Waals surface area contributed by atoms with E-state index in [4.69, 9.17) is 0 Å². The van der Waals surface area contributed by atoms with Crippen molar-refractivity contribution in [2.75, 3.05) is 0 Å². The number of hydrogen-bond donors (Lipinski definition) is 3. The minimum atomic E-state index is -1.08. The molecule has 0 spiro atoms. The lowest BCUT2D eigenvalue weighted by Gasteiger charge is -2.15. The van der Waals surface area contributed by atoms with Gasteiger partial charge < -0.3 is 15.7 Å². The normalized spacial score (nSPS) is 14.9. The van der Waals surface area contributed by atoms with Gasteiger partial charge >= 0.3 is 5.97 Å². The third-order valence-corrected chi connectivity index (χ3v) is 5.29. The van der Waals surface area contributed by atoms with Crippen molar-refractivity contribution >= 4 is 17.8 Å². The smallest absolute Gasteiger partial charge is 0.326 e. The zero-order valence-electron chi connectivity index (χ0n) is 16.3. The predicted molar refractivity (Wildman–Crippen MR) is 109 cm³/mol. The van der Waals surface area contributed by atoms with Crippen molar-refractivity contribution in [2.24, 2.45) is 5.92 Å². The Labute approximate surface area is 170 Å². The second kappa shape index (κ2) is 9.87. The van der Waals surface area contributed by atoms with E-state index in [-0.39, 0.29) is 18.2 Å². The zero-order valence-corrected chi connectivity index (χ0v) is 16.3. The van der Waals surface area contributed by atoms with Crippen molar-refractivity contribution in [3.63, 3.8) is 0 Å². The van der Waals surface area contributed by atoms with E-state index < -0.39 is 17.9 Å². The molecule has 3 rings (SSSR count). The molecule has 1 aliphatic rings. The Morgan fingerprint density at radius 3 is 2.21 bits per heavy atom. The summed E-state index contributed by atoms with van der Waals surface area (Å²) < 4.78 is 0. The Kier molecular flexibility index (Phi) is 7.00. The first-order valence-corrected chi connectivity index (χ1v) is 9.97. The fourth-order valence-electron chi connectivity index (χ4n) is 3.59. The van der Waals surface area contributed by atoms with E-state index in [1.807, 2.05) is 30.3 Å². The zero-order chi connectivity index (χ0) is 20.6. The molecule has 1 saturated carbocycles. The topological polar surface area (TPSA) is 95.5 Å².